The van der Waals surface area contributed by atoms with Crippen molar-refractivity contribution in [1.29, 1.82) is 0 Å². The highest BCUT2D eigenvalue weighted by atomic mass is 19.1. The van der Waals surface area contributed by atoms with Gasteiger partial charge in [-0.3, -0.25) is 0 Å². The smallest absolute Gasteiger partial charge is 0.123 e. The molecular formula is C26H22F2N2. The van der Waals surface area contributed by atoms with Gasteiger partial charge in [0.15, 0.2) is 0 Å². The minimum Gasteiger partial charge on any atom is -0.354 e. The molecule has 0 saturated heterocycles. The highest BCUT2D eigenvalue weighted by Crippen LogP contribution is 2.40. The average Bonchev–Trinajstić information content (AvgIpc) is 2.74. The van der Waals surface area contributed by atoms with E-state index in [0.29, 0.717) is 0 Å². The first kappa shape index (κ1) is 19.6. The lowest BCUT2D eigenvalue weighted by Crippen LogP contribution is -2.12. The maximum absolute atomic E-state index is 13.6. The van der Waals surface area contributed by atoms with Crippen LogP contribution in [0.25, 0.3) is 0 Å². The Labute approximate surface area is 175 Å². The molecule has 4 heteroatoms. The number of nitrogens with zero attached hydrogens (tertiary/aromatic N) is 1. The monoisotopic (exact) mass is 400 g/mol. The minimum atomic E-state index is -0.281. The number of nitrogens with one attached hydrogen (secondary N) is 1. The SMILES string of the molecule is Cc1ccc(N(c2ccc(F)cc2)c2cc(C)ccc2Nc2ccc(F)cc2)cc1. The van der Waals surface area contributed by atoms with E-state index in [4.69, 9.17) is 0 Å². The van der Waals surface area contributed by atoms with E-state index < -0.39 is 0 Å². The molecule has 0 saturated carbocycles. The number of hydrogen-bond acceptors (Lipinski definition) is 2. The van der Waals surface area contributed by atoms with Gasteiger partial charge in [0.1, 0.15) is 11.6 Å². The number of hydrogen-bond donors (Lipinski definition) is 1. The first-order valence-corrected chi connectivity index (χ1v) is 9.75. The van der Waals surface area contributed by atoms with Crippen molar-refractivity contribution in [1.82, 2.24) is 0 Å². The van der Waals surface area contributed by atoms with E-state index in [-0.39, 0.29) is 11.6 Å². The lowest BCUT2D eigenvalue weighted by molar-refractivity contribution is 0.627. The van der Waals surface area contributed by atoms with Crippen LogP contribution in [0.1, 0.15) is 11.1 Å². The fourth-order valence-electron chi connectivity index (χ4n) is 3.33. The van der Waals surface area contributed by atoms with E-state index in [1.165, 1.54) is 24.3 Å². The second-order valence-electron chi connectivity index (χ2n) is 7.30. The maximum Gasteiger partial charge on any atom is 0.123 e. The van der Waals surface area contributed by atoms with Gasteiger partial charge in [-0.1, -0.05) is 23.8 Å². The molecule has 1 N–H and O–H groups in total. The molecule has 0 aromatic heterocycles. The van der Waals surface area contributed by atoms with Gasteiger partial charge in [0.05, 0.1) is 11.4 Å². The van der Waals surface area contributed by atoms with Gasteiger partial charge in [-0.15, -0.1) is 0 Å². The Bertz CT molecular complexity index is 1090. The summed E-state index contributed by atoms with van der Waals surface area (Å²) in [5, 5.41) is 3.39. The van der Waals surface area contributed by atoms with Crippen molar-refractivity contribution in [2.24, 2.45) is 0 Å². The van der Waals surface area contributed by atoms with Gasteiger partial charge in [-0.2, -0.15) is 0 Å². The molecule has 4 aromatic rings. The number of anilines is 5. The second-order valence-corrected chi connectivity index (χ2v) is 7.30. The standard InChI is InChI=1S/C26H22F2N2/c1-18-3-12-23(13-4-18)30(24-14-8-21(28)9-15-24)26-17-19(2)5-16-25(26)29-22-10-6-20(27)7-11-22/h3-17,29H,1-2H3. The molecular weight excluding hydrogens is 378 g/mol. The van der Waals surface area contributed by atoms with E-state index in [1.807, 2.05) is 38.1 Å². The molecule has 30 heavy (non-hydrogen) atoms. The van der Waals surface area contributed by atoms with E-state index >= 15 is 0 Å². The third-order valence-electron chi connectivity index (χ3n) is 4.89. The Morgan fingerprint density at radius 1 is 0.600 bits per heavy atom. The van der Waals surface area contributed by atoms with Crippen LogP contribution < -0.4 is 10.2 Å². The zero-order chi connectivity index (χ0) is 21.1. The van der Waals surface area contributed by atoms with Crippen LogP contribution in [0.4, 0.5) is 37.2 Å². The van der Waals surface area contributed by atoms with Crippen molar-refractivity contribution in [2.75, 3.05) is 10.2 Å². The normalized spacial score (nSPS) is 10.7. The summed E-state index contributed by atoms with van der Waals surface area (Å²) in [5.74, 6) is -0.561. The maximum atomic E-state index is 13.6. The number of rotatable bonds is 5. The van der Waals surface area contributed by atoms with Crippen LogP contribution in [0.3, 0.4) is 0 Å². The molecule has 0 radical (unpaired) electrons. The van der Waals surface area contributed by atoms with Crippen LogP contribution in [0.15, 0.2) is 91.0 Å². The molecule has 0 heterocycles. The minimum absolute atomic E-state index is 0.280. The number of aryl methyl sites for hydroxylation is 2. The van der Waals surface area contributed by atoms with Crippen molar-refractivity contribution in [3.8, 4) is 0 Å². The molecule has 0 aliphatic heterocycles. The topological polar surface area (TPSA) is 15.3 Å². The summed E-state index contributed by atoms with van der Waals surface area (Å²) >= 11 is 0. The third-order valence-corrected chi connectivity index (χ3v) is 4.89. The average molecular weight is 400 g/mol. The predicted octanol–water partition coefficient (Wildman–Crippen LogP) is 7.80. The van der Waals surface area contributed by atoms with Gasteiger partial charge < -0.3 is 10.2 Å². The van der Waals surface area contributed by atoms with Crippen LogP contribution in [-0.2, 0) is 0 Å². The van der Waals surface area contributed by atoms with Crippen molar-refractivity contribution in [3.05, 3.63) is 114 Å². The first-order valence-electron chi connectivity index (χ1n) is 9.75. The van der Waals surface area contributed by atoms with Crippen molar-refractivity contribution in [3.63, 3.8) is 0 Å². The molecule has 0 aliphatic carbocycles. The molecule has 0 amide bonds. The lowest BCUT2D eigenvalue weighted by Gasteiger charge is -2.28. The van der Waals surface area contributed by atoms with Gasteiger partial charge in [0.2, 0.25) is 0 Å². The molecule has 0 aliphatic rings. The molecule has 4 aromatic carbocycles. The fourth-order valence-corrected chi connectivity index (χ4v) is 3.33. The van der Waals surface area contributed by atoms with Gasteiger partial charge >= 0.3 is 0 Å². The Morgan fingerprint density at radius 3 is 1.70 bits per heavy atom. The quantitative estimate of drug-likeness (QED) is 0.368. The van der Waals surface area contributed by atoms with Crippen LogP contribution in [0.2, 0.25) is 0 Å². The molecule has 0 spiro atoms. The number of benzene rings is 4. The van der Waals surface area contributed by atoms with E-state index in [1.54, 1.807) is 24.3 Å². The molecule has 0 bridgehead atoms. The van der Waals surface area contributed by atoms with Crippen LogP contribution >= 0.6 is 0 Å². The van der Waals surface area contributed by atoms with Crippen molar-refractivity contribution >= 4 is 28.4 Å². The Kier molecular flexibility index (Phi) is 5.48. The summed E-state index contributed by atoms with van der Waals surface area (Å²) in [4.78, 5) is 2.08. The van der Waals surface area contributed by atoms with Crippen LogP contribution in [0.5, 0.6) is 0 Å². The Balaban J connectivity index is 1.85. The van der Waals surface area contributed by atoms with Gasteiger partial charge in [0, 0.05) is 17.1 Å². The second kappa shape index (κ2) is 8.37. The van der Waals surface area contributed by atoms with Crippen LogP contribution in [0, 0.1) is 25.5 Å². The predicted molar refractivity (Wildman–Crippen MR) is 120 cm³/mol. The zero-order valence-electron chi connectivity index (χ0n) is 16.9. The highest BCUT2D eigenvalue weighted by molar-refractivity contribution is 5.86. The van der Waals surface area contributed by atoms with Crippen molar-refractivity contribution in [2.45, 2.75) is 13.8 Å². The van der Waals surface area contributed by atoms with E-state index in [0.717, 1.165) is 39.6 Å². The molecule has 2 nitrogen and oxygen atoms in total. The van der Waals surface area contributed by atoms with Crippen molar-refractivity contribution < 1.29 is 8.78 Å². The van der Waals surface area contributed by atoms with E-state index in [9.17, 15) is 8.78 Å². The highest BCUT2D eigenvalue weighted by Gasteiger charge is 2.17. The molecule has 4 rings (SSSR count). The van der Waals surface area contributed by atoms with Crippen LogP contribution in [-0.4, -0.2) is 0 Å². The Hall–Kier alpha value is -3.66. The van der Waals surface area contributed by atoms with Gasteiger partial charge in [-0.05, 0) is 92.2 Å². The van der Waals surface area contributed by atoms with E-state index in [2.05, 4.69) is 28.4 Å². The summed E-state index contributed by atoms with van der Waals surface area (Å²) in [5.41, 5.74) is 6.60. The lowest BCUT2D eigenvalue weighted by atomic mass is 10.1. The molecule has 0 unspecified atom stereocenters. The zero-order valence-corrected chi connectivity index (χ0v) is 16.9. The summed E-state index contributed by atoms with van der Waals surface area (Å²) in [7, 11) is 0. The molecule has 150 valence electrons. The number of halogens is 2. The van der Waals surface area contributed by atoms with Gasteiger partial charge in [-0.25, -0.2) is 8.78 Å². The summed E-state index contributed by atoms with van der Waals surface area (Å²) in [6.07, 6.45) is 0. The largest absolute Gasteiger partial charge is 0.354 e. The third kappa shape index (κ3) is 4.33. The summed E-state index contributed by atoms with van der Waals surface area (Å²) in [6.45, 7) is 4.07. The van der Waals surface area contributed by atoms with Gasteiger partial charge in [0.25, 0.3) is 0 Å². The summed E-state index contributed by atoms with van der Waals surface area (Å²) < 4.78 is 26.9. The summed E-state index contributed by atoms with van der Waals surface area (Å²) in [6, 6.07) is 27.0. The molecule has 0 atom stereocenters. The Morgan fingerprint density at radius 2 is 1.10 bits per heavy atom. The first-order chi connectivity index (χ1) is 14.5. The fraction of sp³-hybridized carbons (Fsp3) is 0.0769. The molecule has 0 fully saturated rings.